The third kappa shape index (κ3) is 4.76. The summed E-state index contributed by atoms with van der Waals surface area (Å²) in [5.41, 5.74) is 2.51. The molecule has 2 aromatic heterocycles. The molecule has 0 aliphatic rings. The summed E-state index contributed by atoms with van der Waals surface area (Å²) >= 11 is 0. The maximum Gasteiger partial charge on any atom is 0.228 e. The maximum absolute atomic E-state index is 7.38. The van der Waals surface area contributed by atoms with Crippen LogP contribution in [0.3, 0.4) is 0 Å². The molecule has 0 unspecified atom stereocenters. The molecule has 0 atom stereocenters. The van der Waals surface area contributed by atoms with E-state index in [-0.39, 0.29) is 0 Å². The van der Waals surface area contributed by atoms with Crippen molar-refractivity contribution in [2.45, 2.75) is 20.3 Å². The second-order valence-electron chi connectivity index (χ2n) is 5.25. The van der Waals surface area contributed by atoms with Gasteiger partial charge in [0.05, 0.1) is 6.57 Å². The van der Waals surface area contributed by atoms with E-state index >= 15 is 0 Å². The molecular formula is C18H23N5. The number of nitrogens with one attached hydrogen (secondary N) is 1. The van der Waals surface area contributed by atoms with E-state index in [1.807, 2.05) is 18.2 Å². The van der Waals surface area contributed by atoms with E-state index in [1.165, 1.54) is 0 Å². The summed E-state index contributed by atoms with van der Waals surface area (Å²) in [4.78, 5) is 14.4. The third-order valence-electron chi connectivity index (χ3n) is 3.84. The van der Waals surface area contributed by atoms with E-state index in [9.17, 15) is 0 Å². The van der Waals surface area contributed by atoms with Crippen molar-refractivity contribution in [3.63, 3.8) is 0 Å². The summed E-state index contributed by atoms with van der Waals surface area (Å²) in [6, 6.07) is 5.71. The van der Waals surface area contributed by atoms with Gasteiger partial charge in [-0.05, 0) is 55.4 Å². The zero-order chi connectivity index (χ0) is 16.5. The monoisotopic (exact) mass is 309 g/mol. The number of hydrogen-bond donors (Lipinski definition) is 1. The van der Waals surface area contributed by atoms with Crippen molar-refractivity contribution in [3.05, 3.63) is 48.2 Å². The first-order valence-electron chi connectivity index (χ1n) is 8.02. The lowest BCUT2D eigenvalue weighted by Gasteiger charge is -2.18. The standard InChI is InChI=1S/C18H23N5/c1-4-23(5-2)12-6-9-21-18-17(19-3)13-16(14-22-18)15-7-10-20-11-8-15/h7-8,10-11,13-14H,4-6,9,12H2,1-2H3,(H,21,22). The molecule has 23 heavy (non-hydrogen) atoms. The van der Waals surface area contributed by atoms with Crippen molar-refractivity contribution in [2.75, 3.05) is 31.5 Å². The molecule has 2 aromatic rings. The Hall–Kier alpha value is -2.45. The molecule has 0 aliphatic heterocycles. The first kappa shape index (κ1) is 16.9. The SMILES string of the molecule is [C-]#[N+]c1cc(-c2ccncc2)cnc1NCCCN(CC)CC. The highest BCUT2D eigenvalue weighted by Gasteiger charge is 2.07. The Morgan fingerprint density at radius 3 is 2.57 bits per heavy atom. The average Bonchev–Trinajstić information content (AvgIpc) is 2.62. The fourth-order valence-corrected chi connectivity index (χ4v) is 2.43. The first-order valence-corrected chi connectivity index (χ1v) is 8.02. The van der Waals surface area contributed by atoms with Crippen LogP contribution in [0.1, 0.15) is 20.3 Å². The Morgan fingerprint density at radius 2 is 1.91 bits per heavy atom. The minimum absolute atomic E-state index is 0.558. The van der Waals surface area contributed by atoms with E-state index in [2.05, 4.69) is 38.9 Å². The fourth-order valence-electron chi connectivity index (χ4n) is 2.43. The van der Waals surface area contributed by atoms with Gasteiger partial charge < -0.3 is 10.2 Å². The van der Waals surface area contributed by atoms with E-state index in [0.717, 1.165) is 43.7 Å². The molecule has 5 nitrogen and oxygen atoms in total. The van der Waals surface area contributed by atoms with Crippen LogP contribution in [-0.4, -0.2) is 41.0 Å². The van der Waals surface area contributed by atoms with Crippen LogP contribution in [0, 0.1) is 6.57 Å². The fraction of sp³-hybridized carbons (Fsp3) is 0.389. The smallest absolute Gasteiger partial charge is 0.228 e. The largest absolute Gasteiger partial charge is 0.379 e. The van der Waals surface area contributed by atoms with Crippen LogP contribution in [0.15, 0.2) is 36.8 Å². The number of aromatic nitrogens is 2. The molecule has 0 aliphatic carbocycles. The maximum atomic E-state index is 7.38. The number of rotatable bonds is 8. The minimum Gasteiger partial charge on any atom is -0.379 e. The van der Waals surface area contributed by atoms with E-state index in [4.69, 9.17) is 6.57 Å². The molecule has 2 heterocycles. The summed E-state index contributed by atoms with van der Waals surface area (Å²) in [7, 11) is 0. The van der Waals surface area contributed by atoms with E-state index < -0.39 is 0 Å². The molecule has 0 bridgehead atoms. The molecule has 1 N–H and O–H groups in total. The second kappa shape index (κ2) is 8.86. The molecule has 0 radical (unpaired) electrons. The summed E-state index contributed by atoms with van der Waals surface area (Å²) in [6.45, 7) is 15.7. The number of nitrogens with zero attached hydrogens (tertiary/aromatic N) is 4. The van der Waals surface area contributed by atoms with Gasteiger partial charge in [0.15, 0.2) is 0 Å². The van der Waals surface area contributed by atoms with Crippen LogP contribution in [0.5, 0.6) is 0 Å². The van der Waals surface area contributed by atoms with Crippen molar-refractivity contribution in [1.82, 2.24) is 14.9 Å². The van der Waals surface area contributed by atoms with Gasteiger partial charge in [-0.2, -0.15) is 0 Å². The Morgan fingerprint density at radius 1 is 1.17 bits per heavy atom. The molecule has 0 aromatic carbocycles. The highest BCUT2D eigenvalue weighted by Crippen LogP contribution is 2.28. The predicted octanol–water partition coefficient (Wildman–Crippen LogP) is 3.84. The van der Waals surface area contributed by atoms with E-state index in [1.54, 1.807) is 18.6 Å². The number of anilines is 1. The van der Waals surface area contributed by atoms with Gasteiger partial charge in [-0.15, -0.1) is 0 Å². The Kier molecular flexibility index (Phi) is 6.52. The normalized spacial score (nSPS) is 10.5. The van der Waals surface area contributed by atoms with Crippen molar-refractivity contribution < 1.29 is 0 Å². The molecule has 5 heteroatoms. The van der Waals surface area contributed by atoms with Crippen LogP contribution in [0.2, 0.25) is 0 Å². The quantitative estimate of drug-likeness (QED) is 0.594. The van der Waals surface area contributed by atoms with Crippen LogP contribution in [0.4, 0.5) is 11.5 Å². The van der Waals surface area contributed by atoms with Crippen molar-refractivity contribution in [1.29, 1.82) is 0 Å². The molecule has 0 amide bonds. The Labute approximate surface area is 138 Å². The Balaban J connectivity index is 1.99. The minimum atomic E-state index is 0.558. The average molecular weight is 309 g/mol. The topological polar surface area (TPSA) is 45.4 Å². The van der Waals surface area contributed by atoms with Gasteiger partial charge in [-0.3, -0.25) is 9.97 Å². The summed E-state index contributed by atoms with van der Waals surface area (Å²) in [6.07, 6.45) is 6.32. The van der Waals surface area contributed by atoms with Gasteiger partial charge >= 0.3 is 0 Å². The third-order valence-corrected chi connectivity index (χ3v) is 3.84. The predicted molar refractivity (Wildman–Crippen MR) is 94.6 cm³/mol. The summed E-state index contributed by atoms with van der Waals surface area (Å²) < 4.78 is 0. The van der Waals surface area contributed by atoms with Crippen molar-refractivity contribution in [2.24, 2.45) is 0 Å². The van der Waals surface area contributed by atoms with Crippen molar-refractivity contribution in [3.8, 4) is 11.1 Å². The zero-order valence-electron chi connectivity index (χ0n) is 13.8. The second-order valence-corrected chi connectivity index (χ2v) is 5.25. The zero-order valence-corrected chi connectivity index (χ0v) is 13.8. The van der Waals surface area contributed by atoms with Gasteiger partial charge in [-0.25, -0.2) is 4.85 Å². The molecular weight excluding hydrogens is 286 g/mol. The van der Waals surface area contributed by atoms with Crippen LogP contribution in [-0.2, 0) is 0 Å². The van der Waals surface area contributed by atoms with Crippen LogP contribution in [0.25, 0.3) is 16.0 Å². The van der Waals surface area contributed by atoms with Gasteiger partial charge in [0.25, 0.3) is 0 Å². The Bertz CT molecular complexity index is 644. The van der Waals surface area contributed by atoms with Crippen LogP contribution < -0.4 is 5.32 Å². The molecule has 2 rings (SSSR count). The molecule has 0 saturated heterocycles. The number of pyridine rings is 2. The summed E-state index contributed by atoms with van der Waals surface area (Å²) in [5, 5.41) is 3.28. The van der Waals surface area contributed by atoms with Gasteiger partial charge in [-0.1, -0.05) is 13.8 Å². The molecule has 0 fully saturated rings. The lowest BCUT2D eigenvalue weighted by Crippen LogP contribution is -2.25. The van der Waals surface area contributed by atoms with Gasteiger partial charge in [0.2, 0.25) is 5.69 Å². The van der Waals surface area contributed by atoms with Crippen LogP contribution >= 0.6 is 0 Å². The van der Waals surface area contributed by atoms with Crippen molar-refractivity contribution >= 4 is 11.5 Å². The van der Waals surface area contributed by atoms with Gasteiger partial charge in [0.1, 0.15) is 5.82 Å². The molecule has 0 saturated carbocycles. The lowest BCUT2D eigenvalue weighted by atomic mass is 10.1. The highest BCUT2D eigenvalue weighted by atomic mass is 15.1. The summed E-state index contributed by atoms with van der Waals surface area (Å²) in [5.74, 6) is 0.664. The van der Waals surface area contributed by atoms with E-state index in [0.29, 0.717) is 11.5 Å². The molecule has 0 spiro atoms. The van der Waals surface area contributed by atoms with Gasteiger partial charge in [0, 0.05) is 25.1 Å². The highest BCUT2D eigenvalue weighted by molar-refractivity contribution is 5.74. The molecule has 120 valence electrons. The first-order chi connectivity index (χ1) is 11.3. The lowest BCUT2D eigenvalue weighted by molar-refractivity contribution is 0.303. The number of hydrogen-bond acceptors (Lipinski definition) is 4.